The topological polar surface area (TPSA) is 111 Å². The van der Waals surface area contributed by atoms with Crippen LogP contribution in [0.4, 0.5) is 0 Å². The Morgan fingerprint density at radius 1 is 0.306 bits per heavy atom. The fourth-order valence-corrected chi connectivity index (χ4v) is 24.2. The average molecular weight is 793 g/mol. The summed E-state index contributed by atoms with van der Waals surface area (Å²) >= 11 is 0. The van der Waals surface area contributed by atoms with E-state index in [4.69, 9.17) is 56.8 Å². The summed E-state index contributed by atoms with van der Waals surface area (Å²) in [6.07, 6.45) is 0. The van der Waals surface area contributed by atoms with Gasteiger partial charge in [-0.15, -0.1) is 0 Å². The fourth-order valence-electron chi connectivity index (χ4n) is 7.80. The van der Waals surface area contributed by atoms with Crippen LogP contribution in [0.2, 0.25) is 0 Å². The van der Waals surface area contributed by atoms with Crippen LogP contribution >= 0.6 is 0 Å². The Balaban J connectivity index is 10.3. The monoisotopic (exact) mass is 792 g/mol. The van der Waals surface area contributed by atoms with Gasteiger partial charge in [0.25, 0.3) is 0 Å². The van der Waals surface area contributed by atoms with E-state index in [0.717, 1.165) is 0 Å². The highest BCUT2D eigenvalue weighted by Gasteiger charge is 2.93. The number of hydrogen-bond acceptors (Lipinski definition) is 12. The van der Waals surface area contributed by atoms with E-state index in [9.17, 15) is 0 Å². The standard InChI is InChI=1S/C32H76O12Si5/c1-13-33-25(45)29(37-17-5,38-18-6)49(30(39-19-7,40-20-8)26(46)34-14-2,31(41-21-9,42-22-10)27(47)35-15-3)32(43-23-11,44-24-12)28(48)36-16-4/h25-28H,13-24H2,1-12,45-48H3. The molecule has 0 saturated carbocycles. The molecule has 17 heteroatoms. The summed E-state index contributed by atoms with van der Waals surface area (Å²) in [5.74, 6) is 0. The van der Waals surface area contributed by atoms with Crippen LogP contribution in [0, 0.1) is 0 Å². The van der Waals surface area contributed by atoms with E-state index in [0.29, 0.717) is 67.4 Å². The van der Waals surface area contributed by atoms with Crippen molar-refractivity contribution in [3.05, 3.63) is 0 Å². The second-order valence-electron chi connectivity index (χ2n) is 11.3. The van der Waals surface area contributed by atoms with Crippen LogP contribution < -0.4 is 0 Å². The van der Waals surface area contributed by atoms with Gasteiger partial charge in [0.2, 0.25) is 0 Å². The van der Waals surface area contributed by atoms with Gasteiger partial charge in [-0.3, -0.25) is 0 Å². The Morgan fingerprint density at radius 2 is 0.449 bits per heavy atom. The summed E-state index contributed by atoms with van der Waals surface area (Å²) in [5, 5.41) is 0. The van der Waals surface area contributed by atoms with Gasteiger partial charge >= 0.3 is 8.07 Å². The molecule has 0 aromatic rings. The summed E-state index contributed by atoms with van der Waals surface area (Å²) < 4.78 is 85.1. The predicted molar refractivity (Wildman–Crippen MR) is 211 cm³/mol. The van der Waals surface area contributed by atoms with Crippen molar-refractivity contribution in [2.75, 3.05) is 79.3 Å². The van der Waals surface area contributed by atoms with Crippen molar-refractivity contribution in [2.45, 2.75) is 128 Å². The maximum Gasteiger partial charge on any atom is 0.336 e. The molecule has 0 aromatic heterocycles. The lowest BCUT2D eigenvalue weighted by Gasteiger charge is -2.69. The summed E-state index contributed by atoms with van der Waals surface area (Å²) in [6, 6.07) is 0. The zero-order valence-electron chi connectivity index (χ0n) is 34.2. The molecule has 4 unspecified atom stereocenters. The molecule has 0 aliphatic carbocycles. The quantitative estimate of drug-likeness (QED) is 0.0653. The van der Waals surface area contributed by atoms with Crippen LogP contribution in [0.3, 0.4) is 0 Å². The van der Waals surface area contributed by atoms with Gasteiger partial charge in [-0.25, -0.2) is 0 Å². The first-order valence-corrected chi connectivity index (χ1v) is 25.6. The van der Waals surface area contributed by atoms with Crippen molar-refractivity contribution in [1.82, 2.24) is 0 Å². The third-order valence-electron chi connectivity index (χ3n) is 8.77. The lowest BCUT2D eigenvalue weighted by molar-refractivity contribution is -0.333. The second kappa shape index (κ2) is 24.8. The molecule has 0 aromatic carbocycles. The van der Waals surface area contributed by atoms with Gasteiger partial charge in [0.15, 0.2) is 21.6 Å². The largest absolute Gasteiger partial charge is 0.378 e. The lowest BCUT2D eigenvalue weighted by atomic mass is 10.5. The molecule has 296 valence electrons. The maximum absolute atomic E-state index is 7.28. The van der Waals surface area contributed by atoms with Gasteiger partial charge in [-0.05, 0) is 83.1 Å². The van der Waals surface area contributed by atoms with Crippen LogP contribution in [0.25, 0.3) is 0 Å². The molecule has 0 fully saturated rings. The zero-order valence-corrected chi connectivity index (χ0v) is 43.2. The SMILES string of the molecule is CCOC([SiH3])C(OCC)(OCC)[Si](C(OCC)(OCC)C([SiH3])OCC)(C(OCC)(OCC)C([SiH3])OCC)C(OCC)(OCC)C([SiH3])OCC. The Hall–Kier alpha value is 0.604. The Morgan fingerprint density at radius 3 is 0.551 bits per heavy atom. The van der Waals surface area contributed by atoms with E-state index in [1.807, 2.05) is 83.1 Å². The van der Waals surface area contributed by atoms with E-state index in [1.54, 1.807) is 0 Å². The third-order valence-corrected chi connectivity index (χ3v) is 22.4. The van der Waals surface area contributed by atoms with Crippen LogP contribution in [0.5, 0.6) is 0 Å². The molecule has 12 nitrogen and oxygen atoms in total. The Bertz CT molecular complexity index is 691. The highest BCUT2D eigenvalue weighted by molar-refractivity contribution is 6.91. The molecule has 0 saturated heterocycles. The molecular formula is C32H76O12Si5. The van der Waals surface area contributed by atoms with E-state index in [1.165, 1.54) is 0 Å². The van der Waals surface area contributed by atoms with Gasteiger partial charge in [0.1, 0.15) is 0 Å². The van der Waals surface area contributed by atoms with Crippen LogP contribution in [-0.4, -0.2) is 173 Å². The smallest absolute Gasteiger partial charge is 0.336 e. The number of rotatable bonds is 32. The van der Waals surface area contributed by atoms with Crippen molar-refractivity contribution in [1.29, 1.82) is 0 Å². The van der Waals surface area contributed by atoms with E-state index in [2.05, 4.69) is 0 Å². The summed E-state index contributed by atoms with van der Waals surface area (Å²) in [4.78, 5) is 0. The molecule has 0 bridgehead atoms. The first-order valence-electron chi connectivity index (χ1n) is 19.0. The fraction of sp³-hybridized carbons (Fsp3) is 1.00. The molecule has 0 heterocycles. The number of ether oxygens (including phenoxy) is 12. The minimum atomic E-state index is -4.62. The first-order chi connectivity index (χ1) is 23.4. The summed E-state index contributed by atoms with van der Waals surface area (Å²) in [6.45, 7) is 27.4. The van der Waals surface area contributed by atoms with E-state index < -0.39 is 52.6 Å². The predicted octanol–water partition coefficient (Wildman–Crippen LogP) is -0.419. The molecule has 0 aliphatic heterocycles. The van der Waals surface area contributed by atoms with Crippen LogP contribution in [0.15, 0.2) is 0 Å². The van der Waals surface area contributed by atoms with Crippen LogP contribution in [-0.2, 0) is 56.8 Å². The zero-order chi connectivity index (χ0) is 37.8. The summed E-state index contributed by atoms with van der Waals surface area (Å²) in [5.41, 5.74) is -8.93. The normalized spacial score (nSPS) is 17.4. The first kappa shape index (κ1) is 49.6. The van der Waals surface area contributed by atoms with Gasteiger partial charge in [0.05, 0.1) is 22.9 Å². The van der Waals surface area contributed by atoms with E-state index in [-0.39, 0.29) is 52.9 Å². The second-order valence-corrected chi connectivity index (χ2v) is 19.8. The highest BCUT2D eigenvalue weighted by atomic mass is 28.3. The molecule has 0 spiro atoms. The van der Waals surface area contributed by atoms with Gasteiger partial charge in [-0.1, -0.05) is 0 Å². The maximum atomic E-state index is 7.28. The lowest BCUT2D eigenvalue weighted by Crippen LogP contribution is -3.01. The molecule has 0 rings (SSSR count). The molecule has 0 amide bonds. The average Bonchev–Trinajstić information content (AvgIpc) is 3.05. The van der Waals surface area contributed by atoms with Crippen molar-refractivity contribution in [3.63, 3.8) is 0 Å². The van der Waals surface area contributed by atoms with Crippen molar-refractivity contribution >= 4 is 49.0 Å². The third kappa shape index (κ3) is 9.65. The van der Waals surface area contributed by atoms with Gasteiger partial charge < -0.3 is 56.8 Å². The van der Waals surface area contributed by atoms with Gasteiger partial charge in [0, 0.05) is 120 Å². The molecule has 0 aliphatic rings. The van der Waals surface area contributed by atoms with E-state index >= 15 is 0 Å². The van der Waals surface area contributed by atoms with Crippen molar-refractivity contribution in [3.8, 4) is 0 Å². The van der Waals surface area contributed by atoms with Crippen molar-refractivity contribution in [2.24, 2.45) is 0 Å². The highest BCUT2D eigenvalue weighted by Crippen LogP contribution is 2.59. The molecular weight excluding hydrogens is 717 g/mol. The van der Waals surface area contributed by atoms with Crippen LogP contribution in [0.1, 0.15) is 83.1 Å². The minimum absolute atomic E-state index is 0.263. The Kier molecular flexibility index (Phi) is 25.1. The van der Waals surface area contributed by atoms with Crippen molar-refractivity contribution < 1.29 is 56.8 Å². The number of hydrogen-bond donors (Lipinski definition) is 0. The van der Waals surface area contributed by atoms with Gasteiger partial charge in [-0.2, -0.15) is 0 Å². The summed E-state index contributed by atoms with van der Waals surface area (Å²) in [7, 11) is -2.72. The molecule has 0 radical (unpaired) electrons. The molecule has 0 N–H and O–H groups in total. The molecule has 49 heavy (non-hydrogen) atoms. The molecule has 4 atom stereocenters. The Labute approximate surface area is 311 Å². The minimum Gasteiger partial charge on any atom is -0.378 e.